The molecule has 2 rings (SSSR count). The molecule has 8 heteroatoms. The molecule has 104 valence electrons. The number of nitrogens with two attached hydrogens (primary N) is 1. The Kier molecular flexibility index (Phi) is 4.10. The van der Waals surface area contributed by atoms with Crippen LogP contribution in [0.3, 0.4) is 0 Å². The quantitative estimate of drug-likeness (QED) is 0.556. The summed E-state index contributed by atoms with van der Waals surface area (Å²) < 4.78 is 0. The van der Waals surface area contributed by atoms with Crippen LogP contribution in [0.5, 0.6) is 0 Å². The van der Waals surface area contributed by atoms with Gasteiger partial charge in [0, 0.05) is 19.1 Å². The van der Waals surface area contributed by atoms with Crippen molar-refractivity contribution in [1.29, 1.82) is 0 Å². The van der Waals surface area contributed by atoms with Gasteiger partial charge < -0.3 is 11.1 Å². The number of nitrogen functional groups attached to an aromatic ring is 1. The van der Waals surface area contributed by atoms with Gasteiger partial charge in [-0.1, -0.05) is 6.92 Å². The van der Waals surface area contributed by atoms with Gasteiger partial charge in [-0.3, -0.25) is 15.0 Å². The number of aromatic nitrogens is 2. The molecule has 8 nitrogen and oxygen atoms in total. The van der Waals surface area contributed by atoms with Gasteiger partial charge in [-0.05, 0) is 19.4 Å². The van der Waals surface area contributed by atoms with E-state index in [1.54, 1.807) is 0 Å². The molecule has 0 saturated heterocycles. The minimum atomic E-state index is -0.559. The van der Waals surface area contributed by atoms with Crippen LogP contribution in [0.25, 0.3) is 0 Å². The van der Waals surface area contributed by atoms with Gasteiger partial charge >= 0.3 is 5.69 Å². The lowest BCUT2D eigenvalue weighted by molar-refractivity contribution is -0.383. The highest BCUT2D eigenvalue weighted by molar-refractivity contribution is 5.67. The molecule has 0 amide bonds. The summed E-state index contributed by atoms with van der Waals surface area (Å²) in [7, 11) is 0. The van der Waals surface area contributed by atoms with Crippen LogP contribution in [0.15, 0.2) is 6.33 Å². The zero-order chi connectivity index (χ0) is 13.8. The molecule has 0 atom stereocenters. The fraction of sp³-hybridized carbons (Fsp3) is 0.636. The second kappa shape index (κ2) is 5.79. The zero-order valence-corrected chi connectivity index (χ0v) is 10.9. The largest absolute Gasteiger partial charge is 0.378 e. The number of nitro groups is 1. The molecule has 1 aliphatic carbocycles. The maximum Gasteiger partial charge on any atom is 0.352 e. The number of anilines is 2. The molecule has 0 spiro atoms. The topological polar surface area (TPSA) is 110 Å². The first kappa shape index (κ1) is 13.5. The van der Waals surface area contributed by atoms with E-state index in [2.05, 4.69) is 27.1 Å². The third kappa shape index (κ3) is 3.28. The highest BCUT2D eigenvalue weighted by Crippen LogP contribution is 2.27. The van der Waals surface area contributed by atoms with Crippen molar-refractivity contribution in [1.82, 2.24) is 14.9 Å². The predicted molar refractivity (Wildman–Crippen MR) is 71.9 cm³/mol. The van der Waals surface area contributed by atoms with E-state index in [4.69, 9.17) is 5.73 Å². The summed E-state index contributed by atoms with van der Waals surface area (Å²) >= 11 is 0. The van der Waals surface area contributed by atoms with Crippen molar-refractivity contribution in [3.8, 4) is 0 Å². The lowest BCUT2D eigenvalue weighted by Gasteiger charge is -2.19. The van der Waals surface area contributed by atoms with Gasteiger partial charge in [0.25, 0.3) is 0 Å². The Morgan fingerprint density at radius 2 is 2.32 bits per heavy atom. The lowest BCUT2D eigenvalue weighted by atomic mass is 10.4. The molecule has 1 saturated carbocycles. The zero-order valence-electron chi connectivity index (χ0n) is 10.9. The number of nitrogens with zero attached hydrogens (tertiary/aromatic N) is 4. The molecule has 0 unspecified atom stereocenters. The minimum Gasteiger partial charge on any atom is -0.378 e. The van der Waals surface area contributed by atoms with E-state index >= 15 is 0 Å². The molecule has 0 bridgehead atoms. The van der Waals surface area contributed by atoms with Gasteiger partial charge in [-0.2, -0.15) is 0 Å². The summed E-state index contributed by atoms with van der Waals surface area (Å²) in [6.45, 7) is 4.54. The van der Waals surface area contributed by atoms with Crippen molar-refractivity contribution < 1.29 is 4.92 Å². The third-order valence-electron chi connectivity index (χ3n) is 3.19. The van der Waals surface area contributed by atoms with Crippen molar-refractivity contribution in [2.75, 3.05) is 30.7 Å². The molecular weight excluding hydrogens is 248 g/mol. The Bertz CT molecular complexity index is 462. The van der Waals surface area contributed by atoms with Crippen LogP contribution in [-0.2, 0) is 0 Å². The summed E-state index contributed by atoms with van der Waals surface area (Å²) in [6.07, 6.45) is 3.71. The highest BCUT2D eigenvalue weighted by Gasteiger charge is 2.27. The summed E-state index contributed by atoms with van der Waals surface area (Å²) in [6, 6.07) is 0.678. The van der Waals surface area contributed by atoms with Crippen LogP contribution in [-0.4, -0.2) is 45.5 Å². The molecule has 0 aromatic carbocycles. The number of likely N-dealkylation sites (N-methyl/N-ethyl adjacent to an activating group) is 1. The number of nitrogens with one attached hydrogen (secondary N) is 1. The van der Waals surface area contributed by atoms with Crippen molar-refractivity contribution >= 4 is 17.3 Å². The van der Waals surface area contributed by atoms with E-state index in [-0.39, 0.29) is 17.3 Å². The molecule has 0 radical (unpaired) electrons. The van der Waals surface area contributed by atoms with Gasteiger partial charge in [-0.15, -0.1) is 0 Å². The molecular formula is C11H18N6O2. The molecule has 3 N–H and O–H groups in total. The first-order chi connectivity index (χ1) is 9.13. The predicted octanol–water partition coefficient (Wildman–Crippen LogP) is 0.863. The van der Waals surface area contributed by atoms with Gasteiger partial charge in [0.1, 0.15) is 6.33 Å². The average molecular weight is 266 g/mol. The van der Waals surface area contributed by atoms with E-state index in [0.29, 0.717) is 12.6 Å². The third-order valence-corrected chi connectivity index (χ3v) is 3.19. The van der Waals surface area contributed by atoms with Crippen molar-refractivity contribution in [2.24, 2.45) is 0 Å². The SMILES string of the molecule is CCN(CCNc1ncnc(N)c1[N+](=O)[O-])C1CC1. The summed E-state index contributed by atoms with van der Waals surface area (Å²) in [5.74, 6) is 0.0707. The number of rotatable bonds is 7. The van der Waals surface area contributed by atoms with Crippen LogP contribution in [0.1, 0.15) is 19.8 Å². The van der Waals surface area contributed by atoms with Crippen LogP contribution >= 0.6 is 0 Å². The number of hydrogen-bond donors (Lipinski definition) is 2. The first-order valence-electron chi connectivity index (χ1n) is 6.36. The number of hydrogen-bond acceptors (Lipinski definition) is 7. The maximum absolute atomic E-state index is 10.9. The Morgan fingerprint density at radius 3 is 2.89 bits per heavy atom. The molecule has 1 heterocycles. The van der Waals surface area contributed by atoms with E-state index in [1.807, 2.05) is 0 Å². The van der Waals surface area contributed by atoms with Crippen LogP contribution in [0.2, 0.25) is 0 Å². The van der Waals surface area contributed by atoms with Crippen LogP contribution in [0, 0.1) is 10.1 Å². The highest BCUT2D eigenvalue weighted by atomic mass is 16.6. The molecule has 1 fully saturated rings. The Labute approximate surface area is 111 Å². The van der Waals surface area contributed by atoms with Crippen molar-refractivity contribution in [2.45, 2.75) is 25.8 Å². The molecule has 1 aliphatic rings. The normalized spacial score (nSPS) is 14.6. The van der Waals surface area contributed by atoms with Crippen molar-refractivity contribution in [3.05, 3.63) is 16.4 Å². The Balaban J connectivity index is 1.95. The fourth-order valence-corrected chi connectivity index (χ4v) is 2.06. The molecule has 19 heavy (non-hydrogen) atoms. The van der Waals surface area contributed by atoms with Crippen molar-refractivity contribution in [3.63, 3.8) is 0 Å². The summed E-state index contributed by atoms with van der Waals surface area (Å²) in [4.78, 5) is 20.2. The Morgan fingerprint density at radius 1 is 1.58 bits per heavy atom. The Hall–Kier alpha value is -1.96. The van der Waals surface area contributed by atoms with E-state index < -0.39 is 4.92 Å². The summed E-state index contributed by atoms with van der Waals surface area (Å²) in [5.41, 5.74) is 5.24. The summed E-state index contributed by atoms with van der Waals surface area (Å²) in [5, 5.41) is 13.9. The van der Waals surface area contributed by atoms with E-state index in [1.165, 1.54) is 19.2 Å². The van der Waals surface area contributed by atoms with Crippen LogP contribution in [0.4, 0.5) is 17.3 Å². The first-order valence-corrected chi connectivity index (χ1v) is 6.36. The fourth-order valence-electron chi connectivity index (χ4n) is 2.06. The van der Waals surface area contributed by atoms with Gasteiger partial charge in [-0.25, -0.2) is 9.97 Å². The minimum absolute atomic E-state index is 0.114. The van der Waals surface area contributed by atoms with E-state index in [0.717, 1.165) is 13.1 Å². The van der Waals surface area contributed by atoms with Crippen LogP contribution < -0.4 is 11.1 Å². The maximum atomic E-state index is 10.9. The smallest absolute Gasteiger partial charge is 0.352 e. The molecule has 1 aromatic rings. The standard InChI is InChI=1S/C11H18N6O2/c1-2-16(8-3-4-8)6-5-13-11-9(17(18)19)10(12)14-7-15-11/h7-8H,2-6H2,1H3,(H3,12,13,14,15). The second-order valence-corrected chi connectivity index (χ2v) is 4.50. The lowest BCUT2D eigenvalue weighted by Crippen LogP contribution is -2.31. The average Bonchev–Trinajstić information content (AvgIpc) is 3.18. The van der Waals surface area contributed by atoms with E-state index in [9.17, 15) is 10.1 Å². The molecule has 1 aromatic heterocycles. The second-order valence-electron chi connectivity index (χ2n) is 4.50. The van der Waals surface area contributed by atoms with Gasteiger partial charge in [0.2, 0.25) is 11.6 Å². The van der Waals surface area contributed by atoms with Gasteiger partial charge in [0.15, 0.2) is 0 Å². The van der Waals surface area contributed by atoms with Gasteiger partial charge in [0.05, 0.1) is 4.92 Å². The molecule has 0 aliphatic heterocycles. The monoisotopic (exact) mass is 266 g/mol.